The maximum Gasteiger partial charge on any atom is 0.258 e. The molecule has 31 heavy (non-hydrogen) atoms. The number of nitrogens with zero attached hydrogens (tertiary/aromatic N) is 1. The average molecular weight is 418 g/mol. The van der Waals surface area contributed by atoms with E-state index in [2.05, 4.69) is 17.4 Å². The molecule has 0 unspecified atom stereocenters. The minimum atomic E-state index is -0.446. The number of rotatable bonds is 6. The van der Waals surface area contributed by atoms with Gasteiger partial charge < -0.3 is 24.4 Å². The summed E-state index contributed by atoms with van der Waals surface area (Å²) in [6, 6.07) is 19.5. The van der Waals surface area contributed by atoms with E-state index in [0.29, 0.717) is 29.4 Å². The number of carbonyl (C=O) groups excluding carboxylic acids is 1. The molecule has 1 atom stereocenters. The Balaban J connectivity index is 1.83. The number of aryl methyl sites for hydroxylation is 1. The molecule has 0 radical (unpaired) electrons. The molecule has 6 heteroatoms. The number of ether oxygens (including phenoxy) is 3. The van der Waals surface area contributed by atoms with Gasteiger partial charge in [-0.3, -0.25) is 4.79 Å². The molecule has 160 valence electrons. The lowest BCUT2D eigenvalue weighted by Crippen LogP contribution is -2.42. The van der Waals surface area contributed by atoms with Gasteiger partial charge in [0.25, 0.3) is 5.91 Å². The molecular weight excluding hydrogens is 392 g/mol. The molecule has 0 aromatic heterocycles. The van der Waals surface area contributed by atoms with Gasteiger partial charge in [-0.1, -0.05) is 42.0 Å². The Morgan fingerprint density at radius 3 is 2.26 bits per heavy atom. The number of methoxy groups -OCH3 is 3. The quantitative estimate of drug-likeness (QED) is 0.624. The average Bonchev–Trinajstić information content (AvgIpc) is 2.81. The Hall–Kier alpha value is -3.67. The third-order valence-electron chi connectivity index (χ3n) is 5.52. The van der Waals surface area contributed by atoms with Crippen LogP contribution in [0.3, 0.4) is 0 Å². The lowest BCUT2D eigenvalue weighted by Gasteiger charge is -2.39. The summed E-state index contributed by atoms with van der Waals surface area (Å²) in [7, 11) is 4.74. The predicted molar refractivity (Wildman–Crippen MR) is 120 cm³/mol. The van der Waals surface area contributed by atoms with Crippen LogP contribution in [0.2, 0.25) is 0 Å². The summed E-state index contributed by atoms with van der Waals surface area (Å²) in [5.74, 6) is 1.54. The van der Waals surface area contributed by atoms with E-state index < -0.39 is 6.17 Å². The van der Waals surface area contributed by atoms with Crippen molar-refractivity contribution in [2.75, 3.05) is 26.6 Å². The number of benzene rings is 3. The van der Waals surface area contributed by atoms with E-state index in [4.69, 9.17) is 14.2 Å². The zero-order chi connectivity index (χ0) is 22.0. The van der Waals surface area contributed by atoms with E-state index in [1.54, 1.807) is 21.3 Å². The molecule has 1 aliphatic heterocycles. The van der Waals surface area contributed by atoms with Crippen LogP contribution in [0, 0.1) is 6.92 Å². The molecule has 1 aliphatic rings. The number of fused-ring (bicyclic) bond motifs is 1. The first-order valence-corrected chi connectivity index (χ1v) is 10.1. The third-order valence-corrected chi connectivity index (χ3v) is 5.52. The molecule has 0 spiro atoms. The maximum absolute atomic E-state index is 13.5. The standard InChI is InChI=1S/C25H26N2O4/c1-16-9-11-17(12-10-16)15-27-24(26-20-8-6-5-7-18(20)25(27)28)19-13-14-21(29-2)23(31-4)22(19)30-3/h5-14,24,26H,15H2,1-4H3/t24-/m1/s1. The molecule has 0 saturated heterocycles. The first-order chi connectivity index (χ1) is 15.1. The summed E-state index contributed by atoms with van der Waals surface area (Å²) >= 11 is 0. The number of para-hydroxylation sites is 1. The highest BCUT2D eigenvalue weighted by atomic mass is 16.5. The van der Waals surface area contributed by atoms with E-state index in [1.165, 1.54) is 5.56 Å². The summed E-state index contributed by atoms with van der Waals surface area (Å²) in [4.78, 5) is 15.4. The zero-order valence-corrected chi connectivity index (χ0v) is 18.1. The molecule has 1 heterocycles. The maximum atomic E-state index is 13.5. The largest absolute Gasteiger partial charge is 0.493 e. The number of anilines is 1. The van der Waals surface area contributed by atoms with E-state index >= 15 is 0 Å². The first-order valence-electron chi connectivity index (χ1n) is 10.1. The van der Waals surface area contributed by atoms with E-state index in [9.17, 15) is 4.79 Å². The van der Waals surface area contributed by atoms with Crippen LogP contribution >= 0.6 is 0 Å². The molecule has 1 amide bonds. The van der Waals surface area contributed by atoms with E-state index in [0.717, 1.165) is 16.8 Å². The number of nitrogens with one attached hydrogen (secondary N) is 1. The first kappa shape index (κ1) is 20.6. The van der Waals surface area contributed by atoms with Crippen molar-refractivity contribution in [2.45, 2.75) is 19.6 Å². The third kappa shape index (κ3) is 3.77. The van der Waals surface area contributed by atoms with Gasteiger partial charge in [0.05, 0.1) is 26.9 Å². The van der Waals surface area contributed by atoms with Gasteiger partial charge in [0.2, 0.25) is 5.75 Å². The molecule has 3 aromatic carbocycles. The Labute approximate surface area is 182 Å². The van der Waals surface area contributed by atoms with Crippen molar-refractivity contribution in [3.63, 3.8) is 0 Å². The van der Waals surface area contributed by atoms with Gasteiger partial charge >= 0.3 is 0 Å². The molecule has 0 saturated carbocycles. The Morgan fingerprint density at radius 2 is 1.58 bits per heavy atom. The van der Waals surface area contributed by atoms with E-state index in [-0.39, 0.29) is 5.91 Å². The molecule has 0 bridgehead atoms. The van der Waals surface area contributed by atoms with Crippen LogP contribution < -0.4 is 19.5 Å². The van der Waals surface area contributed by atoms with Crippen molar-refractivity contribution >= 4 is 11.6 Å². The highest BCUT2D eigenvalue weighted by Gasteiger charge is 2.35. The van der Waals surface area contributed by atoms with E-state index in [1.807, 2.05) is 60.4 Å². The van der Waals surface area contributed by atoms with Crippen molar-refractivity contribution < 1.29 is 19.0 Å². The van der Waals surface area contributed by atoms with Gasteiger partial charge in [-0.25, -0.2) is 0 Å². The van der Waals surface area contributed by atoms with Crippen LogP contribution in [-0.2, 0) is 6.54 Å². The van der Waals surface area contributed by atoms with Gasteiger partial charge in [-0.05, 0) is 36.8 Å². The zero-order valence-electron chi connectivity index (χ0n) is 18.1. The lowest BCUT2D eigenvalue weighted by molar-refractivity contribution is 0.0664. The number of hydrogen-bond donors (Lipinski definition) is 1. The number of carbonyl (C=O) groups is 1. The fraction of sp³-hybridized carbons (Fsp3) is 0.240. The molecule has 6 nitrogen and oxygen atoms in total. The Bertz CT molecular complexity index is 1100. The molecule has 0 fully saturated rings. The topological polar surface area (TPSA) is 60.0 Å². The van der Waals surface area contributed by atoms with Crippen molar-refractivity contribution in [3.05, 3.63) is 82.9 Å². The smallest absolute Gasteiger partial charge is 0.258 e. The second kappa shape index (κ2) is 8.60. The number of hydrogen-bond acceptors (Lipinski definition) is 5. The second-order valence-electron chi connectivity index (χ2n) is 7.43. The Kier molecular flexibility index (Phi) is 5.71. The molecular formula is C25H26N2O4. The van der Waals surface area contributed by atoms with Crippen LogP contribution in [-0.4, -0.2) is 32.1 Å². The summed E-state index contributed by atoms with van der Waals surface area (Å²) in [6.45, 7) is 2.49. The van der Waals surface area contributed by atoms with Crippen LogP contribution in [0.25, 0.3) is 0 Å². The fourth-order valence-corrected chi connectivity index (χ4v) is 3.93. The second-order valence-corrected chi connectivity index (χ2v) is 7.43. The monoisotopic (exact) mass is 418 g/mol. The molecule has 1 N–H and O–H groups in total. The van der Waals surface area contributed by atoms with Crippen molar-refractivity contribution in [1.82, 2.24) is 4.90 Å². The highest BCUT2D eigenvalue weighted by Crippen LogP contribution is 2.45. The van der Waals surface area contributed by atoms with Crippen LogP contribution in [0.5, 0.6) is 17.2 Å². The summed E-state index contributed by atoms with van der Waals surface area (Å²) in [5.41, 5.74) is 4.44. The minimum Gasteiger partial charge on any atom is -0.493 e. The van der Waals surface area contributed by atoms with Crippen molar-refractivity contribution in [1.29, 1.82) is 0 Å². The van der Waals surface area contributed by atoms with Crippen LogP contribution in [0.15, 0.2) is 60.7 Å². The van der Waals surface area contributed by atoms with Gasteiger partial charge in [0.1, 0.15) is 6.17 Å². The van der Waals surface area contributed by atoms with Gasteiger partial charge in [0, 0.05) is 17.8 Å². The fourth-order valence-electron chi connectivity index (χ4n) is 3.93. The lowest BCUT2D eigenvalue weighted by atomic mass is 10.0. The van der Waals surface area contributed by atoms with Crippen LogP contribution in [0.4, 0.5) is 5.69 Å². The van der Waals surface area contributed by atoms with Gasteiger partial charge in [-0.2, -0.15) is 0 Å². The predicted octanol–water partition coefficient (Wildman–Crippen LogP) is 4.79. The molecule has 3 aromatic rings. The minimum absolute atomic E-state index is 0.0447. The van der Waals surface area contributed by atoms with Crippen LogP contribution in [0.1, 0.15) is 33.2 Å². The number of amides is 1. The summed E-state index contributed by atoms with van der Waals surface area (Å²) < 4.78 is 16.7. The molecule has 0 aliphatic carbocycles. The summed E-state index contributed by atoms with van der Waals surface area (Å²) in [5, 5.41) is 3.52. The van der Waals surface area contributed by atoms with Crippen molar-refractivity contribution in [3.8, 4) is 17.2 Å². The summed E-state index contributed by atoms with van der Waals surface area (Å²) in [6.07, 6.45) is -0.446. The molecule has 4 rings (SSSR count). The van der Waals surface area contributed by atoms with Crippen molar-refractivity contribution in [2.24, 2.45) is 0 Å². The van der Waals surface area contributed by atoms with Gasteiger partial charge in [0.15, 0.2) is 11.5 Å². The van der Waals surface area contributed by atoms with Gasteiger partial charge in [-0.15, -0.1) is 0 Å². The SMILES string of the molecule is COc1ccc([C@@H]2Nc3ccccc3C(=O)N2Cc2ccc(C)cc2)c(OC)c1OC. The Morgan fingerprint density at radius 1 is 0.871 bits per heavy atom. The highest BCUT2D eigenvalue weighted by molar-refractivity contribution is 6.01. The normalized spacial score (nSPS) is 15.2.